The van der Waals surface area contributed by atoms with Gasteiger partial charge in [0, 0.05) is 30.1 Å². The Morgan fingerprint density at radius 1 is 1.29 bits per heavy atom. The molecule has 0 aliphatic heterocycles. The van der Waals surface area contributed by atoms with E-state index in [1.54, 1.807) is 30.6 Å². The number of rotatable bonds is 5. The van der Waals surface area contributed by atoms with E-state index < -0.39 is 0 Å². The van der Waals surface area contributed by atoms with Gasteiger partial charge in [-0.2, -0.15) is 5.10 Å². The standard InChI is InChI=1S/C15H18N4O2/c1-3-11(2)17-14(20)10-19-15(21)5-4-13(18-19)12-6-8-16-9-7-12/h4-9,11H,3,10H2,1-2H3,(H,17,20). The first-order valence-electron chi connectivity index (χ1n) is 6.88. The number of carbonyl (C=O) groups excluding carboxylic acids is 1. The molecule has 0 fully saturated rings. The van der Waals surface area contributed by atoms with Crippen molar-refractivity contribution in [3.63, 3.8) is 0 Å². The number of hydrogen-bond donors (Lipinski definition) is 1. The van der Waals surface area contributed by atoms with Crippen LogP contribution in [-0.2, 0) is 11.3 Å². The van der Waals surface area contributed by atoms with Crippen LogP contribution >= 0.6 is 0 Å². The number of hydrogen-bond acceptors (Lipinski definition) is 4. The van der Waals surface area contributed by atoms with Crippen LogP contribution in [0.5, 0.6) is 0 Å². The maximum absolute atomic E-state index is 11.9. The highest BCUT2D eigenvalue weighted by Crippen LogP contribution is 2.12. The topological polar surface area (TPSA) is 76.9 Å². The molecule has 0 aliphatic rings. The van der Waals surface area contributed by atoms with E-state index in [2.05, 4.69) is 15.4 Å². The quantitative estimate of drug-likeness (QED) is 0.896. The fourth-order valence-electron chi connectivity index (χ4n) is 1.80. The second kappa shape index (κ2) is 6.78. The predicted octanol–water partition coefficient (Wildman–Crippen LogP) is 1.22. The van der Waals surface area contributed by atoms with Gasteiger partial charge in [-0.1, -0.05) is 6.92 Å². The van der Waals surface area contributed by atoms with Crippen molar-refractivity contribution < 1.29 is 4.79 Å². The van der Waals surface area contributed by atoms with Gasteiger partial charge >= 0.3 is 0 Å². The minimum absolute atomic E-state index is 0.0802. The van der Waals surface area contributed by atoms with Gasteiger partial charge < -0.3 is 5.32 Å². The Labute approximate surface area is 122 Å². The lowest BCUT2D eigenvalue weighted by Gasteiger charge is -2.12. The molecular weight excluding hydrogens is 268 g/mol. The van der Waals surface area contributed by atoms with Crippen LogP contribution in [0.2, 0.25) is 0 Å². The van der Waals surface area contributed by atoms with Crippen molar-refractivity contribution in [2.45, 2.75) is 32.9 Å². The molecule has 21 heavy (non-hydrogen) atoms. The van der Waals surface area contributed by atoms with E-state index >= 15 is 0 Å². The molecule has 2 heterocycles. The molecule has 1 N–H and O–H groups in total. The molecule has 1 atom stereocenters. The zero-order valence-electron chi connectivity index (χ0n) is 12.1. The van der Waals surface area contributed by atoms with Crippen molar-refractivity contribution in [2.75, 3.05) is 0 Å². The van der Waals surface area contributed by atoms with Crippen molar-refractivity contribution in [1.82, 2.24) is 20.1 Å². The Balaban J connectivity index is 2.20. The van der Waals surface area contributed by atoms with E-state index in [1.807, 2.05) is 13.8 Å². The Bertz CT molecular complexity index is 667. The molecule has 0 aliphatic carbocycles. The summed E-state index contributed by atoms with van der Waals surface area (Å²) in [6, 6.07) is 6.74. The molecule has 0 saturated carbocycles. The summed E-state index contributed by atoms with van der Waals surface area (Å²) < 4.78 is 1.17. The lowest BCUT2D eigenvalue weighted by molar-refractivity contribution is -0.122. The van der Waals surface area contributed by atoms with Crippen molar-refractivity contribution in [3.8, 4) is 11.3 Å². The van der Waals surface area contributed by atoms with Crippen LogP contribution in [0, 0.1) is 0 Å². The molecule has 6 heteroatoms. The van der Waals surface area contributed by atoms with Gasteiger partial charge in [-0.05, 0) is 31.5 Å². The summed E-state index contributed by atoms with van der Waals surface area (Å²) in [4.78, 5) is 27.6. The highest BCUT2D eigenvalue weighted by atomic mass is 16.2. The SMILES string of the molecule is CCC(C)NC(=O)Cn1nc(-c2ccncc2)ccc1=O. The molecule has 2 rings (SSSR count). The molecule has 0 saturated heterocycles. The molecule has 110 valence electrons. The van der Waals surface area contributed by atoms with Crippen LogP contribution in [0.15, 0.2) is 41.5 Å². The molecule has 2 aromatic heterocycles. The molecular formula is C15H18N4O2. The largest absolute Gasteiger partial charge is 0.352 e. The predicted molar refractivity (Wildman–Crippen MR) is 79.6 cm³/mol. The Morgan fingerprint density at radius 3 is 2.67 bits per heavy atom. The van der Waals surface area contributed by atoms with Crippen molar-refractivity contribution >= 4 is 5.91 Å². The fraction of sp³-hybridized carbons (Fsp3) is 0.333. The van der Waals surface area contributed by atoms with E-state index in [-0.39, 0.29) is 24.1 Å². The highest BCUT2D eigenvalue weighted by molar-refractivity contribution is 5.75. The Morgan fingerprint density at radius 2 is 2.00 bits per heavy atom. The summed E-state index contributed by atoms with van der Waals surface area (Å²) in [6.07, 6.45) is 4.15. The Kier molecular flexibility index (Phi) is 4.81. The second-order valence-corrected chi connectivity index (χ2v) is 4.83. The molecule has 1 amide bonds. The van der Waals surface area contributed by atoms with Gasteiger partial charge in [0.2, 0.25) is 5.91 Å². The summed E-state index contributed by atoms with van der Waals surface area (Å²) >= 11 is 0. The van der Waals surface area contributed by atoms with Crippen molar-refractivity contribution in [2.24, 2.45) is 0 Å². The van der Waals surface area contributed by atoms with Crippen molar-refractivity contribution in [3.05, 3.63) is 47.0 Å². The van der Waals surface area contributed by atoms with Crippen molar-refractivity contribution in [1.29, 1.82) is 0 Å². The van der Waals surface area contributed by atoms with Gasteiger partial charge in [-0.25, -0.2) is 4.68 Å². The first-order valence-corrected chi connectivity index (χ1v) is 6.88. The van der Waals surface area contributed by atoms with E-state index in [1.165, 1.54) is 10.7 Å². The van der Waals surface area contributed by atoms with Gasteiger partial charge in [0.15, 0.2) is 0 Å². The average Bonchev–Trinajstić information content (AvgIpc) is 2.50. The van der Waals surface area contributed by atoms with E-state index in [0.717, 1.165) is 12.0 Å². The maximum Gasteiger partial charge on any atom is 0.267 e. The van der Waals surface area contributed by atoms with E-state index in [9.17, 15) is 9.59 Å². The minimum Gasteiger partial charge on any atom is -0.352 e. The molecule has 0 spiro atoms. The maximum atomic E-state index is 11.9. The molecule has 1 unspecified atom stereocenters. The smallest absolute Gasteiger partial charge is 0.267 e. The van der Waals surface area contributed by atoms with Gasteiger partial charge in [0.1, 0.15) is 6.54 Å². The normalized spacial score (nSPS) is 11.9. The van der Waals surface area contributed by atoms with Gasteiger partial charge in [0.25, 0.3) is 5.56 Å². The van der Waals surface area contributed by atoms with Gasteiger partial charge in [0.05, 0.1) is 5.69 Å². The first kappa shape index (κ1) is 14.9. The summed E-state index contributed by atoms with van der Waals surface area (Å²) in [5.41, 5.74) is 1.18. The minimum atomic E-state index is -0.299. The third kappa shape index (κ3) is 3.98. The molecule has 0 radical (unpaired) electrons. The fourth-order valence-corrected chi connectivity index (χ4v) is 1.80. The molecule has 6 nitrogen and oxygen atoms in total. The third-order valence-electron chi connectivity index (χ3n) is 3.16. The first-order chi connectivity index (χ1) is 10.1. The molecule has 0 aromatic carbocycles. The lowest BCUT2D eigenvalue weighted by atomic mass is 10.2. The van der Waals surface area contributed by atoms with Crippen LogP contribution in [0.3, 0.4) is 0 Å². The van der Waals surface area contributed by atoms with E-state index in [0.29, 0.717) is 5.69 Å². The van der Waals surface area contributed by atoms with Crippen LogP contribution < -0.4 is 10.9 Å². The van der Waals surface area contributed by atoms with Crippen LogP contribution in [0.1, 0.15) is 20.3 Å². The molecule has 2 aromatic rings. The monoisotopic (exact) mass is 286 g/mol. The molecule has 0 bridgehead atoms. The van der Waals surface area contributed by atoms with Crippen LogP contribution in [-0.4, -0.2) is 26.7 Å². The lowest BCUT2D eigenvalue weighted by Crippen LogP contribution is -2.37. The van der Waals surface area contributed by atoms with Gasteiger partial charge in [-0.3, -0.25) is 14.6 Å². The number of nitrogens with zero attached hydrogens (tertiary/aromatic N) is 3. The highest BCUT2D eigenvalue weighted by Gasteiger charge is 2.09. The number of pyridine rings is 1. The third-order valence-corrected chi connectivity index (χ3v) is 3.16. The zero-order chi connectivity index (χ0) is 15.2. The van der Waals surface area contributed by atoms with Gasteiger partial charge in [-0.15, -0.1) is 0 Å². The Hall–Kier alpha value is -2.50. The average molecular weight is 286 g/mol. The number of nitrogens with one attached hydrogen (secondary N) is 1. The summed E-state index contributed by atoms with van der Waals surface area (Å²) in [5.74, 6) is -0.217. The van der Waals surface area contributed by atoms with Crippen LogP contribution in [0.25, 0.3) is 11.3 Å². The second-order valence-electron chi connectivity index (χ2n) is 4.83. The summed E-state index contributed by atoms with van der Waals surface area (Å²) in [7, 11) is 0. The van der Waals surface area contributed by atoms with Crippen LogP contribution in [0.4, 0.5) is 0 Å². The number of carbonyl (C=O) groups is 1. The summed E-state index contributed by atoms with van der Waals surface area (Å²) in [6.45, 7) is 3.82. The number of amides is 1. The zero-order valence-corrected chi connectivity index (χ0v) is 12.1. The van der Waals surface area contributed by atoms with E-state index in [4.69, 9.17) is 0 Å². The number of aromatic nitrogens is 3. The summed E-state index contributed by atoms with van der Waals surface area (Å²) in [5, 5.41) is 7.05.